The van der Waals surface area contributed by atoms with Gasteiger partial charge in [0.25, 0.3) is 5.88 Å². The van der Waals surface area contributed by atoms with Crippen LogP contribution in [0.4, 0.5) is 11.5 Å². The van der Waals surface area contributed by atoms with Crippen molar-refractivity contribution >= 4 is 11.5 Å². The predicted octanol–water partition coefficient (Wildman–Crippen LogP) is 3.26. The summed E-state index contributed by atoms with van der Waals surface area (Å²) >= 11 is 0. The van der Waals surface area contributed by atoms with Gasteiger partial charge in [-0.25, -0.2) is 4.98 Å². The number of nitro groups is 1. The van der Waals surface area contributed by atoms with E-state index < -0.39 is 4.92 Å². The largest absolute Gasteiger partial charge is 0.473 e. The Hall–Kier alpha value is -1.92. The van der Waals surface area contributed by atoms with Gasteiger partial charge >= 0.3 is 5.69 Å². The Morgan fingerprint density at radius 1 is 1.43 bits per heavy atom. The van der Waals surface area contributed by atoms with Gasteiger partial charge in [0, 0.05) is 12.0 Å². The van der Waals surface area contributed by atoms with E-state index in [-0.39, 0.29) is 23.4 Å². The van der Waals surface area contributed by atoms with Crippen molar-refractivity contribution in [2.24, 2.45) is 0 Å². The van der Waals surface area contributed by atoms with Crippen molar-refractivity contribution in [1.82, 2.24) is 9.97 Å². The molecule has 1 saturated carbocycles. The molecule has 116 valence electrons. The van der Waals surface area contributed by atoms with Gasteiger partial charge < -0.3 is 10.1 Å². The highest BCUT2D eigenvalue weighted by Gasteiger charge is 2.33. The van der Waals surface area contributed by atoms with Crippen molar-refractivity contribution in [1.29, 1.82) is 0 Å². The van der Waals surface area contributed by atoms with Crippen molar-refractivity contribution in [3.8, 4) is 5.88 Å². The normalized spacial score (nSPS) is 15.6. The van der Waals surface area contributed by atoms with E-state index in [1.165, 1.54) is 0 Å². The van der Waals surface area contributed by atoms with E-state index in [2.05, 4.69) is 15.3 Å². The summed E-state index contributed by atoms with van der Waals surface area (Å²) in [7, 11) is 0. The molecule has 1 unspecified atom stereocenters. The summed E-state index contributed by atoms with van der Waals surface area (Å²) in [6.07, 6.45) is 3.70. The highest BCUT2D eigenvalue weighted by atomic mass is 16.6. The fourth-order valence-corrected chi connectivity index (χ4v) is 1.87. The molecule has 7 nitrogen and oxygen atoms in total. The third kappa shape index (κ3) is 3.80. The maximum Gasteiger partial charge on any atom is 0.372 e. The van der Waals surface area contributed by atoms with Crippen LogP contribution in [0.2, 0.25) is 0 Å². The molecule has 1 aromatic heterocycles. The van der Waals surface area contributed by atoms with Gasteiger partial charge in [0.2, 0.25) is 5.82 Å². The zero-order valence-electron chi connectivity index (χ0n) is 12.8. The van der Waals surface area contributed by atoms with E-state index in [4.69, 9.17) is 4.74 Å². The molecule has 1 fully saturated rings. The monoisotopic (exact) mass is 294 g/mol. The summed E-state index contributed by atoms with van der Waals surface area (Å²) in [4.78, 5) is 19.6. The summed E-state index contributed by atoms with van der Waals surface area (Å²) in [5.41, 5.74) is -0.159. The van der Waals surface area contributed by atoms with Crippen LogP contribution in [0.3, 0.4) is 0 Å². The third-order valence-corrected chi connectivity index (χ3v) is 3.43. The third-order valence-electron chi connectivity index (χ3n) is 3.43. The molecule has 1 aliphatic carbocycles. The second-order valence-corrected chi connectivity index (χ2v) is 5.42. The number of ether oxygens (including phenoxy) is 1. The smallest absolute Gasteiger partial charge is 0.372 e. The molecule has 0 aliphatic heterocycles. The minimum Gasteiger partial charge on any atom is -0.473 e. The molecule has 0 bridgehead atoms. The molecule has 1 heterocycles. The first kappa shape index (κ1) is 15.5. The molecule has 1 aromatic rings. The molecular weight excluding hydrogens is 272 g/mol. The topological polar surface area (TPSA) is 90.2 Å². The molecule has 7 heteroatoms. The number of nitrogens with one attached hydrogen (secondary N) is 1. The number of hydrogen-bond donors (Lipinski definition) is 1. The van der Waals surface area contributed by atoms with E-state index in [1.807, 2.05) is 20.8 Å². The SMILES string of the molecule is CCCOc1nc(C2CC2)nc(NC(C)CC)c1[N+](=O)[O-]. The van der Waals surface area contributed by atoms with Gasteiger partial charge in [-0.1, -0.05) is 13.8 Å². The summed E-state index contributed by atoms with van der Waals surface area (Å²) in [6, 6.07) is 0.102. The van der Waals surface area contributed by atoms with Crippen LogP contribution in [0, 0.1) is 10.1 Å². The lowest BCUT2D eigenvalue weighted by Crippen LogP contribution is -2.18. The maximum absolute atomic E-state index is 11.4. The Balaban J connectivity index is 2.41. The quantitative estimate of drug-likeness (QED) is 0.584. The highest BCUT2D eigenvalue weighted by Crippen LogP contribution is 2.42. The molecular formula is C14H22N4O3. The van der Waals surface area contributed by atoms with Crippen LogP contribution >= 0.6 is 0 Å². The average molecular weight is 294 g/mol. The van der Waals surface area contributed by atoms with Crippen molar-refractivity contribution < 1.29 is 9.66 Å². The Kier molecular flexibility index (Phi) is 4.93. The van der Waals surface area contributed by atoms with E-state index in [0.717, 1.165) is 25.7 Å². The fraction of sp³-hybridized carbons (Fsp3) is 0.714. The van der Waals surface area contributed by atoms with Gasteiger partial charge in [-0.2, -0.15) is 4.98 Å². The lowest BCUT2D eigenvalue weighted by Gasteiger charge is -2.14. The lowest BCUT2D eigenvalue weighted by atomic mass is 10.2. The molecule has 0 radical (unpaired) electrons. The fourth-order valence-electron chi connectivity index (χ4n) is 1.87. The lowest BCUT2D eigenvalue weighted by molar-refractivity contribution is -0.385. The zero-order valence-corrected chi connectivity index (χ0v) is 12.8. The molecule has 21 heavy (non-hydrogen) atoms. The van der Waals surface area contributed by atoms with Crippen LogP contribution in [0.1, 0.15) is 58.2 Å². The molecule has 0 amide bonds. The zero-order chi connectivity index (χ0) is 15.4. The summed E-state index contributed by atoms with van der Waals surface area (Å²) < 4.78 is 5.49. The Bertz CT molecular complexity index is 517. The number of anilines is 1. The molecule has 2 rings (SSSR count). The van der Waals surface area contributed by atoms with Crippen molar-refractivity contribution in [3.05, 3.63) is 15.9 Å². The predicted molar refractivity (Wildman–Crippen MR) is 79.8 cm³/mol. The summed E-state index contributed by atoms with van der Waals surface area (Å²) in [5, 5.41) is 14.5. The maximum atomic E-state index is 11.4. The van der Waals surface area contributed by atoms with E-state index in [0.29, 0.717) is 18.3 Å². The molecule has 0 saturated heterocycles. The standard InChI is InChI=1S/C14H22N4O3/c1-4-8-21-14-11(18(19)20)13(15-9(3)5-2)16-12(17-14)10-6-7-10/h9-10H,4-8H2,1-3H3,(H,15,16,17). The summed E-state index contributed by atoms with van der Waals surface area (Å²) in [5.74, 6) is 1.33. The van der Waals surface area contributed by atoms with Crippen LogP contribution in [0.25, 0.3) is 0 Å². The molecule has 1 aliphatic rings. The van der Waals surface area contributed by atoms with E-state index >= 15 is 0 Å². The number of nitrogens with zero attached hydrogens (tertiary/aromatic N) is 3. The van der Waals surface area contributed by atoms with Crippen LogP contribution in [0.5, 0.6) is 5.88 Å². The van der Waals surface area contributed by atoms with Gasteiger partial charge in [-0.15, -0.1) is 0 Å². The first-order valence-electron chi connectivity index (χ1n) is 7.52. The second kappa shape index (κ2) is 6.69. The van der Waals surface area contributed by atoms with E-state index in [9.17, 15) is 10.1 Å². The van der Waals surface area contributed by atoms with Crippen molar-refractivity contribution in [3.63, 3.8) is 0 Å². The van der Waals surface area contributed by atoms with Crippen LogP contribution < -0.4 is 10.1 Å². The Morgan fingerprint density at radius 3 is 2.67 bits per heavy atom. The first-order valence-corrected chi connectivity index (χ1v) is 7.52. The van der Waals surface area contributed by atoms with Gasteiger partial charge in [0.05, 0.1) is 11.5 Å². The van der Waals surface area contributed by atoms with E-state index in [1.54, 1.807) is 0 Å². The van der Waals surface area contributed by atoms with Gasteiger partial charge in [-0.05, 0) is 32.6 Å². The number of rotatable bonds is 8. The Morgan fingerprint density at radius 2 is 2.14 bits per heavy atom. The Labute approximate surface area is 124 Å². The van der Waals surface area contributed by atoms with Crippen LogP contribution in [0.15, 0.2) is 0 Å². The van der Waals surface area contributed by atoms with Gasteiger partial charge in [0.15, 0.2) is 0 Å². The first-order chi connectivity index (χ1) is 10.1. The van der Waals surface area contributed by atoms with Gasteiger partial charge in [-0.3, -0.25) is 10.1 Å². The van der Waals surface area contributed by atoms with Crippen LogP contribution in [-0.4, -0.2) is 27.5 Å². The minimum atomic E-state index is -0.466. The van der Waals surface area contributed by atoms with Crippen molar-refractivity contribution in [2.75, 3.05) is 11.9 Å². The molecule has 0 aromatic carbocycles. The second-order valence-electron chi connectivity index (χ2n) is 5.42. The van der Waals surface area contributed by atoms with Crippen LogP contribution in [-0.2, 0) is 0 Å². The molecule has 0 spiro atoms. The number of aromatic nitrogens is 2. The summed E-state index contributed by atoms with van der Waals surface area (Å²) in [6.45, 7) is 6.34. The average Bonchev–Trinajstić information content (AvgIpc) is 3.28. The number of hydrogen-bond acceptors (Lipinski definition) is 6. The molecule has 1 atom stereocenters. The molecule has 1 N–H and O–H groups in total. The highest BCUT2D eigenvalue weighted by molar-refractivity contribution is 5.62. The van der Waals surface area contributed by atoms with Crippen molar-refractivity contribution in [2.45, 2.75) is 58.4 Å². The van der Waals surface area contributed by atoms with Gasteiger partial charge in [0.1, 0.15) is 5.82 Å². The minimum absolute atomic E-state index is 0.0875.